The molecule has 4 heteroatoms. The molecule has 11 rings (SSSR count). The fourth-order valence-corrected chi connectivity index (χ4v) is 9.83. The molecule has 0 saturated heterocycles. The van der Waals surface area contributed by atoms with E-state index in [-0.39, 0.29) is 12.2 Å². The number of hydrogen-bond acceptors (Lipinski definition) is 3. The monoisotopic (exact) mass is 787 g/mol. The van der Waals surface area contributed by atoms with E-state index in [0.717, 1.165) is 24.2 Å². The maximum Gasteiger partial charge on any atom is 0.104 e. The Labute approximate surface area is 353 Å². The van der Waals surface area contributed by atoms with Gasteiger partial charge in [0.2, 0.25) is 0 Å². The normalized spacial score (nSPS) is 15.6. The van der Waals surface area contributed by atoms with Crippen molar-refractivity contribution in [3.63, 3.8) is 0 Å². The van der Waals surface area contributed by atoms with Gasteiger partial charge in [-0.2, -0.15) is 0 Å². The molecule has 1 aliphatic heterocycles. The predicted molar refractivity (Wildman–Crippen MR) is 260 cm³/mol. The van der Waals surface area contributed by atoms with Crippen molar-refractivity contribution in [1.29, 1.82) is 0 Å². The molecule has 0 saturated carbocycles. The molecule has 0 fully saturated rings. The van der Waals surface area contributed by atoms with Gasteiger partial charge in [0.05, 0.1) is 17.1 Å². The van der Waals surface area contributed by atoms with Crippen LogP contribution in [0.3, 0.4) is 0 Å². The van der Waals surface area contributed by atoms with Crippen molar-refractivity contribution in [2.45, 2.75) is 59.7 Å². The summed E-state index contributed by atoms with van der Waals surface area (Å²) in [5.74, 6) is 0. The second-order valence-corrected chi connectivity index (χ2v) is 15.6. The van der Waals surface area contributed by atoms with E-state index >= 15 is 0 Å². The van der Waals surface area contributed by atoms with Gasteiger partial charge < -0.3 is 9.88 Å². The Balaban J connectivity index is 0.000000655. The Bertz CT molecular complexity index is 2890. The van der Waals surface area contributed by atoms with Crippen LogP contribution in [0.4, 0.5) is 0 Å². The van der Waals surface area contributed by atoms with Gasteiger partial charge in [-0.3, -0.25) is 5.32 Å². The molecule has 0 radical (unpaired) electrons. The number of benzene rings is 7. The topological polar surface area (TPSA) is 29.0 Å². The molecule has 3 heterocycles. The number of nitrogens with zero attached hydrogens (tertiary/aromatic N) is 1. The van der Waals surface area contributed by atoms with Crippen molar-refractivity contribution < 1.29 is 0 Å². The first-order chi connectivity index (χ1) is 29.2. The van der Waals surface area contributed by atoms with Crippen molar-refractivity contribution in [1.82, 2.24) is 15.2 Å². The number of aromatic nitrogens is 1. The quantitative estimate of drug-likeness (QED) is 0.174. The molecular weight excluding hydrogens is 735 g/mol. The smallest absolute Gasteiger partial charge is 0.104 e. The molecular formula is C55H53N3S. The summed E-state index contributed by atoms with van der Waals surface area (Å²) in [6.07, 6.45) is 11.0. The number of rotatable bonds is 4. The number of hydrogen-bond donors (Lipinski definition) is 2. The van der Waals surface area contributed by atoms with Crippen LogP contribution in [0, 0.1) is 0 Å². The summed E-state index contributed by atoms with van der Waals surface area (Å²) in [6, 6.07) is 53.6. The molecule has 0 bridgehead atoms. The Morgan fingerprint density at radius 3 is 1.97 bits per heavy atom. The summed E-state index contributed by atoms with van der Waals surface area (Å²) in [7, 11) is 0. The maximum absolute atomic E-state index is 3.96. The van der Waals surface area contributed by atoms with Crippen LogP contribution in [-0.4, -0.2) is 4.57 Å². The lowest BCUT2D eigenvalue weighted by molar-refractivity contribution is 0.442. The Morgan fingerprint density at radius 2 is 1.29 bits per heavy atom. The average Bonchev–Trinajstić information content (AvgIpc) is 3.87. The fraction of sp³-hybridized carbons (Fsp3) is 0.164. The molecule has 9 aromatic rings. The van der Waals surface area contributed by atoms with Crippen molar-refractivity contribution >= 4 is 76.5 Å². The van der Waals surface area contributed by atoms with E-state index in [9.17, 15) is 0 Å². The van der Waals surface area contributed by atoms with Crippen LogP contribution in [0.15, 0.2) is 170 Å². The van der Waals surface area contributed by atoms with E-state index in [1.54, 1.807) is 6.08 Å². The summed E-state index contributed by atoms with van der Waals surface area (Å²) in [6.45, 7) is 13.2. The second-order valence-electron chi connectivity index (χ2n) is 14.5. The lowest BCUT2D eigenvalue weighted by Crippen LogP contribution is -2.39. The molecule has 7 aromatic carbocycles. The maximum atomic E-state index is 3.96. The van der Waals surface area contributed by atoms with E-state index in [2.05, 4.69) is 186 Å². The number of aryl methyl sites for hydroxylation is 1. The second kappa shape index (κ2) is 17.7. The minimum atomic E-state index is -0.0483. The highest BCUT2D eigenvalue weighted by Crippen LogP contribution is 2.42. The van der Waals surface area contributed by atoms with Gasteiger partial charge in [-0.1, -0.05) is 155 Å². The third kappa shape index (κ3) is 7.40. The van der Waals surface area contributed by atoms with E-state index in [4.69, 9.17) is 0 Å². The minimum absolute atomic E-state index is 0.0110. The van der Waals surface area contributed by atoms with Crippen LogP contribution in [-0.2, 0) is 6.42 Å². The lowest BCUT2D eigenvalue weighted by Gasteiger charge is -2.33. The predicted octanol–water partition coefficient (Wildman–Crippen LogP) is 15.5. The van der Waals surface area contributed by atoms with Crippen molar-refractivity contribution in [2.75, 3.05) is 0 Å². The third-order valence-corrected chi connectivity index (χ3v) is 12.3. The van der Waals surface area contributed by atoms with Gasteiger partial charge in [-0.15, -0.1) is 17.9 Å². The molecule has 3 nitrogen and oxygen atoms in total. The Morgan fingerprint density at radius 1 is 0.661 bits per heavy atom. The fourth-order valence-electron chi connectivity index (χ4n) is 8.64. The van der Waals surface area contributed by atoms with Gasteiger partial charge >= 0.3 is 0 Å². The van der Waals surface area contributed by atoms with Gasteiger partial charge in [0.25, 0.3) is 0 Å². The van der Waals surface area contributed by atoms with Crippen molar-refractivity contribution in [3.05, 3.63) is 198 Å². The van der Waals surface area contributed by atoms with E-state index in [0.29, 0.717) is 0 Å². The zero-order chi connectivity index (χ0) is 40.9. The first kappa shape index (κ1) is 39.6. The average molecular weight is 788 g/mol. The highest BCUT2D eigenvalue weighted by atomic mass is 32.1. The van der Waals surface area contributed by atoms with Crippen LogP contribution in [0.25, 0.3) is 70.9 Å². The van der Waals surface area contributed by atoms with Gasteiger partial charge in [-0.05, 0) is 106 Å². The molecule has 59 heavy (non-hydrogen) atoms. The van der Waals surface area contributed by atoms with Gasteiger partial charge in [0.15, 0.2) is 0 Å². The van der Waals surface area contributed by atoms with E-state index in [1.807, 2.05) is 46.0 Å². The standard InChI is InChI=1S/C48H35N3S.C3H6.2C2H6/c1-2-13-32(14-3-1)48-49-40(29-41(50-48)34-23-26-45-39(28-34)38-19-8-9-20-44(38)52-45)33-15-10-16-35(27-33)51-42-24-21-30-11-4-6-17-36(30)46(42)47-37-18-7-5-12-31(37)22-25-43(47)51;1-3-2;2*1-2/h1-8,10-19,21-29,40,48-50H,9,20H2;3H,1H2,2H3;2*1-2H3. The highest BCUT2D eigenvalue weighted by molar-refractivity contribution is 7.19. The number of thiophene rings is 1. The number of nitrogens with one attached hydrogen (secondary N) is 2. The van der Waals surface area contributed by atoms with Crippen LogP contribution < -0.4 is 10.6 Å². The van der Waals surface area contributed by atoms with Gasteiger partial charge in [0.1, 0.15) is 6.17 Å². The summed E-state index contributed by atoms with van der Waals surface area (Å²) >= 11 is 1.95. The molecule has 2 unspecified atom stereocenters. The Hall–Kier alpha value is -6.20. The summed E-state index contributed by atoms with van der Waals surface area (Å²) in [5, 5.41) is 16.9. The zero-order valence-electron chi connectivity index (χ0n) is 34.8. The lowest BCUT2D eigenvalue weighted by atomic mass is 9.96. The molecule has 294 valence electrons. The molecule has 0 amide bonds. The SMILES string of the molecule is C1=Cc2c(sc3ccc(C4=CC(c5cccc(-n6c7ccc8ccccc8c7c7c8ccccc8ccc76)c5)NC(c5ccccc5)N4)cc23)CC1.C=CC.CC.CC. The molecule has 2 atom stereocenters. The van der Waals surface area contributed by atoms with Gasteiger partial charge in [-0.25, -0.2) is 0 Å². The van der Waals surface area contributed by atoms with Crippen LogP contribution in [0.2, 0.25) is 0 Å². The molecule has 2 aliphatic rings. The molecule has 2 N–H and O–H groups in total. The van der Waals surface area contributed by atoms with Gasteiger partial charge in [0, 0.05) is 37.1 Å². The van der Waals surface area contributed by atoms with Crippen LogP contribution >= 0.6 is 11.3 Å². The van der Waals surface area contributed by atoms with E-state index < -0.39 is 0 Å². The van der Waals surface area contributed by atoms with Crippen molar-refractivity contribution in [3.8, 4) is 5.69 Å². The minimum Gasteiger partial charge on any atom is -0.366 e. The van der Waals surface area contributed by atoms with Crippen LogP contribution in [0.5, 0.6) is 0 Å². The first-order valence-corrected chi connectivity index (χ1v) is 22.0. The Kier molecular flexibility index (Phi) is 11.9. The first-order valence-electron chi connectivity index (χ1n) is 21.2. The third-order valence-electron chi connectivity index (χ3n) is 11.1. The number of allylic oxidation sites excluding steroid dienone is 2. The molecule has 0 spiro atoms. The number of fused-ring (bicyclic) bond motifs is 10. The largest absolute Gasteiger partial charge is 0.366 e. The summed E-state index contributed by atoms with van der Waals surface area (Å²) in [5.41, 5.74) is 9.82. The summed E-state index contributed by atoms with van der Waals surface area (Å²) in [4.78, 5) is 1.50. The highest BCUT2D eigenvalue weighted by Gasteiger charge is 2.26. The van der Waals surface area contributed by atoms with Crippen molar-refractivity contribution in [2.24, 2.45) is 0 Å². The van der Waals surface area contributed by atoms with Crippen LogP contribution in [0.1, 0.15) is 80.4 Å². The van der Waals surface area contributed by atoms with E-state index in [1.165, 1.54) is 80.6 Å². The molecule has 2 aromatic heterocycles. The summed E-state index contributed by atoms with van der Waals surface area (Å²) < 4.78 is 3.83. The molecule has 1 aliphatic carbocycles. The zero-order valence-corrected chi connectivity index (χ0v) is 35.6.